The molecule has 3 nitrogen and oxygen atoms in total. The minimum absolute atomic E-state index is 0.111. The van der Waals surface area contributed by atoms with Crippen molar-refractivity contribution in [3.8, 4) is 0 Å². The molecule has 2 saturated carbocycles. The zero-order valence-corrected chi connectivity index (χ0v) is 17.0. The Labute approximate surface area is 163 Å². The smallest absolute Gasteiger partial charge is 0.305 e. The summed E-state index contributed by atoms with van der Waals surface area (Å²) in [7, 11) is 0. The van der Waals surface area contributed by atoms with Gasteiger partial charge in [0.05, 0.1) is 5.03 Å². The normalized spacial score (nSPS) is 31.7. The van der Waals surface area contributed by atoms with Crippen molar-refractivity contribution in [1.82, 2.24) is 4.98 Å². The van der Waals surface area contributed by atoms with Crippen LogP contribution in [-0.4, -0.2) is 23.3 Å². The Morgan fingerprint density at radius 1 is 1.12 bits per heavy atom. The predicted molar refractivity (Wildman–Crippen MR) is 111 cm³/mol. The molecule has 0 saturated heterocycles. The highest BCUT2D eigenvalue weighted by atomic mass is 32.2. The van der Waals surface area contributed by atoms with Gasteiger partial charge in [-0.15, -0.1) is 11.8 Å². The van der Waals surface area contributed by atoms with Crippen LogP contribution in [-0.2, 0) is 0 Å². The fourth-order valence-corrected chi connectivity index (χ4v) is 8.60. The minimum atomic E-state index is 0.111. The lowest BCUT2D eigenvalue weighted by molar-refractivity contribution is 0.307. The average molecular weight is 387 g/mol. The molecule has 0 unspecified atom stereocenters. The summed E-state index contributed by atoms with van der Waals surface area (Å²) in [5, 5.41) is 1.85. The molecule has 5 rings (SSSR count). The fourth-order valence-electron chi connectivity index (χ4n) is 5.70. The largest absolute Gasteiger partial charge is 0.372 e. The number of thiazole rings is 1. The number of benzene rings is 1. The maximum Gasteiger partial charge on any atom is 0.305 e. The molecule has 0 amide bonds. The summed E-state index contributed by atoms with van der Waals surface area (Å²) in [5.41, 5.74) is 2.70. The van der Waals surface area contributed by atoms with Crippen LogP contribution in [0.25, 0.3) is 0 Å². The lowest BCUT2D eigenvalue weighted by Gasteiger charge is -2.40. The molecule has 26 heavy (non-hydrogen) atoms. The number of nitrogens with one attached hydrogen (secondary N) is 1. The van der Waals surface area contributed by atoms with Crippen LogP contribution in [0.2, 0.25) is 0 Å². The van der Waals surface area contributed by atoms with Crippen molar-refractivity contribution >= 4 is 28.8 Å². The number of thioether (sulfide) groups is 1. The standard InChI is InChI=1S/C21H26N2OS2/c1-3-23(4-2)15-9-7-12(8-10-15)16-17-13-5-6-14(11-13)18(17)25-20-19(16)26-21(24)22-20/h7-10,13-14,16-18H,3-6,11H2,1-2H3,(H,22,24)/t13-,14-,16+,17-,18+/m1/s1. The van der Waals surface area contributed by atoms with Gasteiger partial charge < -0.3 is 9.88 Å². The first-order valence-electron chi connectivity index (χ1n) is 9.94. The number of aromatic nitrogens is 1. The zero-order chi connectivity index (χ0) is 17.8. The van der Waals surface area contributed by atoms with Crippen molar-refractivity contribution in [1.29, 1.82) is 0 Å². The van der Waals surface area contributed by atoms with E-state index in [4.69, 9.17) is 0 Å². The van der Waals surface area contributed by atoms with Gasteiger partial charge in [0.2, 0.25) is 0 Å². The van der Waals surface area contributed by atoms with Crippen LogP contribution in [0.4, 0.5) is 5.69 Å². The molecule has 2 aliphatic carbocycles. The van der Waals surface area contributed by atoms with E-state index in [1.807, 2.05) is 11.8 Å². The molecule has 2 fully saturated rings. The van der Waals surface area contributed by atoms with Gasteiger partial charge in [0, 0.05) is 34.8 Å². The first-order valence-corrected chi connectivity index (χ1v) is 11.6. The molecule has 5 atom stereocenters. The number of fused-ring (bicyclic) bond motifs is 6. The third kappa shape index (κ3) is 2.50. The van der Waals surface area contributed by atoms with Gasteiger partial charge in [-0.1, -0.05) is 23.5 Å². The van der Waals surface area contributed by atoms with Crippen LogP contribution in [0.3, 0.4) is 0 Å². The summed E-state index contributed by atoms with van der Waals surface area (Å²) in [6, 6.07) is 9.21. The molecule has 2 aromatic rings. The van der Waals surface area contributed by atoms with Gasteiger partial charge in [0.15, 0.2) is 0 Å². The van der Waals surface area contributed by atoms with Gasteiger partial charge in [-0.05, 0) is 68.6 Å². The maximum atomic E-state index is 12.1. The Morgan fingerprint density at radius 2 is 1.85 bits per heavy atom. The van der Waals surface area contributed by atoms with Gasteiger partial charge in [-0.25, -0.2) is 0 Å². The molecule has 1 aromatic heterocycles. The number of H-pyrrole nitrogens is 1. The second-order valence-corrected chi connectivity index (χ2v) is 10.1. The molecule has 2 bridgehead atoms. The lowest BCUT2D eigenvalue weighted by Crippen LogP contribution is -2.33. The Balaban J connectivity index is 1.56. The molecule has 1 aliphatic heterocycles. The van der Waals surface area contributed by atoms with Crippen molar-refractivity contribution in [2.75, 3.05) is 18.0 Å². The van der Waals surface area contributed by atoms with Crippen LogP contribution in [0, 0.1) is 17.8 Å². The Kier molecular flexibility index (Phi) is 4.20. The summed E-state index contributed by atoms with van der Waals surface area (Å²) in [5.74, 6) is 2.80. The van der Waals surface area contributed by atoms with E-state index in [-0.39, 0.29) is 4.87 Å². The molecule has 5 heteroatoms. The molecular formula is C21H26N2OS2. The molecule has 0 radical (unpaired) electrons. The molecule has 2 heterocycles. The van der Waals surface area contributed by atoms with Crippen molar-refractivity contribution < 1.29 is 0 Å². The number of anilines is 1. The SMILES string of the molecule is CCN(CC)c1ccc([C@@H]2c3sc(=O)[nH]c3S[C@H]3[C@@H]4CC[C@H](C4)[C@H]23)cc1. The van der Waals surface area contributed by atoms with Crippen molar-refractivity contribution in [3.63, 3.8) is 0 Å². The third-order valence-corrected chi connectivity index (χ3v) is 9.47. The Bertz CT molecular complexity index is 852. The van der Waals surface area contributed by atoms with Crippen LogP contribution in [0.5, 0.6) is 0 Å². The maximum absolute atomic E-state index is 12.1. The summed E-state index contributed by atoms with van der Waals surface area (Å²) < 4.78 is 0. The topological polar surface area (TPSA) is 36.1 Å². The Hall–Kier alpha value is -1.20. The van der Waals surface area contributed by atoms with E-state index in [9.17, 15) is 4.79 Å². The number of rotatable bonds is 4. The Morgan fingerprint density at radius 3 is 2.58 bits per heavy atom. The summed E-state index contributed by atoms with van der Waals surface area (Å²) >= 11 is 3.42. The average Bonchev–Trinajstić information content (AvgIpc) is 3.35. The number of aromatic amines is 1. The van der Waals surface area contributed by atoms with Gasteiger partial charge in [0.1, 0.15) is 0 Å². The molecular weight excluding hydrogens is 360 g/mol. The van der Waals surface area contributed by atoms with E-state index in [1.54, 1.807) is 0 Å². The van der Waals surface area contributed by atoms with E-state index in [0.29, 0.717) is 17.1 Å². The van der Waals surface area contributed by atoms with Gasteiger partial charge in [0.25, 0.3) is 0 Å². The number of hydrogen-bond donors (Lipinski definition) is 1. The number of hydrogen-bond acceptors (Lipinski definition) is 4. The fraction of sp³-hybridized carbons (Fsp3) is 0.571. The molecule has 1 N–H and O–H groups in total. The van der Waals surface area contributed by atoms with Crippen molar-refractivity contribution in [3.05, 3.63) is 44.4 Å². The van der Waals surface area contributed by atoms with Gasteiger partial charge in [-0.3, -0.25) is 4.79 Å². The minimum Gasteiger partial charge on any atom is -0.372 e. The lowest BCUT2D eigenvalue weighted by atomic mass is 9.75. The second kappa shape index (κ2) is 6.45. The molecule has 138 valence electrons. The predicted octanol–water partition coefficient (Wildman–Crippen LogP) is 4.93. The van der Waals surface area contributed by atoms with Crippen LogP contribution < -0.4 is 9.77 Å². The first-order chi connectivity index (χ1) is 12.7. The summed E-state index contributed by atoms with van der Waals surface area (Å²) in [4.78, 5) is 19.0. The van der Waals surface area contributed by atoms with Gasteiger partial charge >= 0.3 is 4.87 Å². The molecule has 0 spiro atoms. The second-order valence-electron chi connectivity index (χ2n) is 7.94. The number of nitrogens with zero attached hydrogens (tertiary/aromatic N) is 1. The third-order valence-electron chi connectivity index (χ3n) is 6.85. The highest BCUT2D eigenvalue weighted by Crippen LogP contribution is 2.63. The zero-order valence-electron chi connectivity index (χ0n) is 15.4. The van der Waals surface area contributed by atoms with E-state index < -0.39 is 0 Å². The first kappa shape index (κ1) is 16.9. The molecule has 3 aliphatic rings. The van der Waals surface area contributed by atoms with Crippen molar-refractivity contribution in [2.45, 2.75) is 49.3 Å². The van der Waals surface area contributed by atoms with E-state index in [0.717, 1.165) is 30.0 Å². The van der Waals surface area contributed by atoms with E-state index in [1.165, 1.54) is 46.7 Å². The monoisotopic (exact) mass is 386 g/mol. The van der Waals surface area contributed by atoms with Crippen molar-refractivity contribution in [2.24, 2.45) is 17.8 Å². The van der Waals surface area contributed by atoms with E-state index >= 15 is 0 Å². The van der Waals surface area contributed by atoms with Crippen LogP contribution in [0.15, 0.2) is 34.1 Å². The van der Waals surface area contributed by atoms with Crippen LogP contribution >= 0.6 is 23.1 Å². The summed E-state index contributed by atoms with van der Waals surface area (Å²) in [6.45, 7) is 6.49. The van der Waals surface area contributed by atoms with Gasteiger partial charge in [-0.2, -0.15) is 0 Å². The molecule has 1 aromatic carbocycles. The van der Waals surface area contributed by atoms with Crippen LogP contribution in [0.1, 0.15) is 49.5 Å². The van der Waals surface area contributed by atoms with E-state index in [2.05, 4.69) is 48.0 Å². The summed E-state index contributed by atoms with van der Waals surface area (Å²) in [6.07, 6.45) is 4.17. The highest BCUT2D eigenvalue weighted by molar-refractivity contribution is 8.00. The quantitative estimate of drug-likeness (QED) is 0.809. The highest BCUT2D eigenvalue weighted by Gasteiger charge is 2.54.